The summed E-state index contributed by atoms with van der Waals surface area (Å²) in [5, 5.41) is 2.71. The molecule has 8 nitrogen and oxygen atoms in total. The van der Waals surface area contributed by atoms with E-state index in [0.29, 0.717) is 25.9 Å². The highest BCUT2D eigenvalue weighted by molar-refractivity contribution is 5.85. The van der Waals surface area contributed by atoms with Crippen LogP contribution >= 0.6 is 0 Å². The lowest BCUT2D eigenvalue weighted by Crippen LogP contribution is -2.41. The molecule has 2 atom stereocenters. The third kappa shape index (κ3) is 7.05. The van der Waals surface area contributed by atoms with Crippen molar-refractivity contribution in [2.24, 2.45) is 5.73 Å². The van der Waals surface area contributed by atoms with E-state index in [1.165, 1.54) is 12.0 Å². The number of likely N-dealkylation sites (tertiary alicyclic amines) is 1. The molecule has 1 aromatic carbocycles. The van der Waals surface area contributed by atoms with Gasteiger partial charge in [-0.25, -0.2) is 9.59 Å². The molecular formula is C21H31N3O5. The average Bonchev–Trinajstić information content (AvgIpc) is 3.05. The predicted octanol–water partition coefficient (Wildman–Crippen LogP) is 1.75. The second-order valence-corrected chi connectivity index (χ2v) is 8.25. The lowest BCUT2D eigenvalue weighted by Gasteiger charge is -2.22. The van der Waals surface area contributed by atoms with Crippen LogP contribution in [0, 0.1) is 0 Å². The zero-order chi connectivity index (χ0) is 21.6. The maximum atomic E-state index is 12.6. The number of methoxy groups -OCH3 is 1. The molecule has 1 aromatic rings. The minimum atomic E-state index is -0.594. The molecule has 0 aliphatic carbocycles. The number of nitrogens with two attached hydrogens (primary N) is 1. The fourth-order valence-electron chi connectivity index (χ4n) is 3.21. The van der Waals surface area contributed by atoms with Crippen LogP contribution in [0.1, 0.15) is 44.7 Å². The Morgan fingerprint density at radius 1 is 1.17 bits per heavy atom. The number of hydrogen-bond donors (Lipinski definition) is 2. The van der Waals surface area contributed by atoms with E-state index in [-0.39, 0.29) is 18.4 Å². The number of nitrogens with one attached hydrogen (secondary N) is 1. The summed E-state index contributed by atoms with van der Waals surface area (Å²) in [5.74, 6) is -0.530. The molecule has 29 heavy (non-hydrogen) atoms. The van der Waals surface area contributed by atoms with Crippen molar-refractivity contribution in [3.05, 3.63) is 35.4 Å². The van der Waals surface area contributed by atoms with Crippen molar-refractivity contribution in [3.8, 4) is 0 Å². The number of carbonyl (C=O) groups excluding carboxylic acids is 3. The van der Waals surface area contributed by atoms with Crippen LogP contribution < -0.4 is 11.1 Å². The molecule has 0 spiro atoms. The number of carbonyl (C=O) groups is 3. The Morgan fingerprint density at radius 3 is 2.38 bits per heavy atom. The first-order valence-electron chi connectivity index (χ1n) is 9.76. The van der Waals surface area contributed by atoms with Gasteiger partial charge in [0.25, 0.3) is 0 Å². The molecule has 0 saturated carbocycles. The quantitative estimate of drug-likeness (QED) is 0.698. The van der Waals surface area contributed by atoms with E-state index < -0.39 is 23.7 Å². The van der Waals surface area contributed by atoms with E-state index in [1.807, 2.05) is 45.0 Å². The molecule has 1 saturated heterocycles. The molecule has 1 fully saturated rings. The Morgan fingerprint density at radius 2 is 1.79 bits per heavy atom. The maximum absolute atomic E-state index is 12.6. The van der Waals surface area contributed by atoms with Gasteiger partial charge in [-0.1, -0.05) is 24.3 Å². The number of amides is 2. The van der Waals surface area contributed by atoms with Gasteiger partial charge in [-0.3, -0.25) is 4.79 Å². The number of benzene rings is 1. The highest BCUT2D eigenvalue weighted by Gasteiger charge is 2.38. The second-order valence-electron chi connectivity index (χ2n) is 8.25. The van der Waals surface area contributed by atoms with Gasteiger partial charge in [-0.05, 0) is 44.7 Å². The topological polar surface area (TPSA) is 111 Å². The van der Waals surface area contributed by atoms with Gasteiger partial charge >= 0.3 is 12.1 Å². The fraction of sp³-hybridized carbons (Fsp3) is 0.571. The monoisotopic (exact) mass is 405 g/mol. The molecule has 1 aliphatic rings. The van der Waals surface area contributed by atoms with Crippen LogP contribution in [0.5, 0.6) is 0 Å². The fourth-order valence-corrected chi connectivity index (χ4v) is 3.21. The van der Waals surface area contributed by atoms with Gasteiger partial charge in [0.15, 0.2) is 0 Å². The number of aryl methyl sites for hydroxylation is 1. The van der Waals surface area contributed by atoms with Crippen molar-refractivity contribution in [2.45, 2.75) is 64.3 Å². The van der Waals surface area contributed by atoms with Crippen molar-refractivity contribution in [1.29, 1.82) is 0 Å². The van der Waals surface area contributed by atoms with Crippen LogP contribution in [0.25, 0.3) is 0 Å². The zero-order valence-corrected chi connectivity index (χ0v) is 17.6. The van der Waals surface area contributed by atoms with Crippen LogP contribution in [-0.2, 0) is 32.0 Å². The third-order valence-electron chi connectivity index (χ3n) is 4.61. The Labute approximate surface area is 171 Å². The summed E-state index contributed by atoms with van der Waals surface area (Å²) in [4.78, 5) is 37.6. The number of hydrogen-bond acceptors (Lipinski definition) is 6. The van der Waals surface area contributed by atoms with Crippen LogP contribution in [0.3, 0.4) is 0 Å². The molecule has 3 N–H and O–H groups in total. The molecular weight excluding hydrogens is 374 g/mol. The van der Waals surface area contributed by atoms with Crippen LogP contribution in [-0.4, -0.2) is 54.2 Å². The molecule has 8 heteroatoms. The number of alkyl carbamates (subject to hydrolysis) is 1. The van der Waals surface area contributed by atoms with Gasteiger partial charge in [0.05, 0.1) is 7.11 Å². The van der Waals surface area contributed by atoms with Crippen LogP contribution in [0.15, 0.2) is 24.3 Å². The lowest BCUT2D eigenvalue weighted by molar-refractivity contribution is -0.150. The van der Waals surface area contributed by atoms with Crippen molar-refractivity contribution in [2.75, 3.05) is 13.7 Å². The van der Waals surface area contributed by atoms with Gasteiger partial charge in [0, 0.05) is 25.6 Å². The smallest absolute Gasteiger partial charge is 0.407 e. The zero-order valence-electron chi connectivity index (χ0n) is 17.6. The summed E-state index contributed by atoms with van der Waals surface area (Å²) in [6, 6.07) is 6.85. The van der Waals surface area contributed by atoms with E-state index in [1.54, 1.807) is 0 Å². The van der Waals surface area contributed by atoms with E-state index in [9.17, 15) is 14.4 Å². The third-order valence-corrected chi connectivity index (χ3v) is 4.61. The van der Waals surface area contributed by atoms with E-state index in [4.69, 9.17) is 15.2 Å². The van der Waals surface area contributed by atoms with Gasteiger partial charge in [-0.15, -0.1) is 0 Å². The standard InChI is InChI=1S/C21H31N3O5/c1-21(2,3)29-20(27)23-12-15-7-5-14(6-8-15)9-10-18(25)24-13-16(22)11-17(24)19(26)28-4/h5-8,16-17H,9-13,22H2,1-4H3,(H,23,27). The van der Waals surface area contributed by atoms with Crippen molar-refractivity contribution in [3.63, 3.8) is 0 Å². The lowest BCUT2D eigenvalue weighted by atomic mass is 10.1. The first-order valence-corrected chi connectivity index (χ1v) is 9.76. The molecule has 1 heterocycles. The van der Waals surface area contributed by atoms with Crippen LogP contribution in [0.4, 0.5) is 4.79 Å². The molecule has 2 unspecified atom stereocenters. The number of rotatable bonds is 6. The van der Waals surface area contributed by atoms with Gasteiger partial charge in [0.1, 0.15) is 11.6 Å². The summed E-state index contributed by atoms with van der Waals surface area (Å²) < 4.78 is 9.98. The van der Waals surface area contributed by atoms with E-state index in [2.05, 4.69) is 5.32 Å². The Bertz CT molecular complexity index is 727. The highest BCUT2D eigenvalue weighted by atomic mass is 16.6. The van der Waals surface area contributed by atoms with E-state index in [0.717, 1.165) is 11.1 Å². The second kappa shape index (κ2) is 9.73. The Hall–Kier alpha value is -2.61. The maximum Gasteiger partial charge on any atom is 0.407 e. The SMILES string of the molecule is COC(=O)C1CC(N)CN1C(=O)CCc1ccc(CNC(=O)OC(C)(C)C)cc1. The highest BCUT2D eigenvalue weighted by Crippen LogP contribution is 2.20. The van der Waals surface area contributed by atoms with Gasteiger partial charge in [-0.2, -0.15) is 0 Å². The predicted molar refractivity (Wildman–Crippen MR) is 108 cm³/mol. The minimum absolute atomic E-state index is 0.107. The number of esters is 1. The summed E-state index contributed by atoms with van der Waals surface area (Å²) in [6.07, 6.45) is 0.808. The Kier molecular flexibility index (Phi) is 7.61. The average molecular weight is 405 g/mol. The molecule has 160 valence electrons. The molecule has 0 radical (unpaired) electrons. The van der Waals surface area contributed by atoms with Crippen molar-refractivity contribution in [1.82, 2.24) is 10.2 Å². The van der Waals surface area contributed by atoms with Crippen molar-refractivity contribution >= 4 is 18.0 Å². The summed E-state index contributed by atoms with van der Waals surface area (Å²) in [7, 11) is 1.31. The van der Waals surface area contributed by atoms with Gasteiger partial charge < -0.3 is 25.4 Å². The van der Waals surface area contributed by atoms with Crippen molar-refractivity contribution < 1.29 is 23.9 Å². The first kappa shape index (κ1) is 22.7. The van der Waals surface area contributed by atoms with Crippen LogP contribution in [0.2, 0.25) is 0 Å². The van der Waals surface area contributed by atoms with E-state index >= 15 is 0 Å². The molecule has 2 amide bonds. The van der Waals surface area contributed by atoms with Gasteiger partial charge in [0.2, 0.25) is 5.91 Å². The molecule has 2 rings (SSSR count). The number of ether oxygens (including phenoxy) is 2. The largest absolute Gasteiger partial charge is 0.467 e. The minimum Gasteiger partial charge on any atom is -0.467 e. The molecule has 0 aromatic heterocycles. The summed E-state index contributed by atoms with van der Waals surface area (Å²) in [5.41, 5.74) is 7.31. The normalized spacial score (nSPS) is 19.0. The Balaban J connectivity index is 1.83. The molecule has 1 aliphatic heterocycles. The summed E-state index contributed by atoms with van der Waals surface area (Å²) in [6.45, 7) is 6.16. The first-order chi connectivity index (χ1) is 13.6. The number of nitrogens with zero attached hydrogens (tertiary/aromatic N) is 1. The molecule has 0 bridgehead atoms. The summed E-state index contributed by atoms with van der Waals surface area (Å²) >= 11 is 0.